The average Bonchev–Trinajstić information content (AvgIpc) is 2.59. The Morgan fingerprint density at radius 1 is 1.12 bits per heavy atom. The maximum atomic E-state index is 13.1. The fourth-order valence-electron chi connectivity index (χ4n) is 2.36. The van der Waals surface area contributed by atoms with Crippen LogP contribution in [0.15, 0.2) is 48.5 Å². The smallest absolute Gasteiger partial charge is 0.258 e. The number of hydrogen-bond acceptors (Lipinski definition) is 3. The maximum Gasteiger partial charge on any atom is 0.258 e. The lowest BCUT2D eigenvalue weighted by atomic mass is 9.96. The lowest BCUT2D eigenvalue weighted by Gasteiger charge is -2.23. The van der Waals surface area contributed by atoms with Crippen LogP contribution in [0.4, 0.5) is 4.39 Å². The number of rotatable bonds is 7. The Morgan fingerprint density at radius 3 is 2.29 bits per heavy atom. The Balaban J connectivity index is 1.93. The minimum atomic E-state index is -0.303. The van der Waals surface area contributed by atoms with Gasteiger partial charge in [-0.05, 0) is 41.3 Å². The van der Waals surface area contributed by atoms with E-state index in [2.05, 4.69) is 5.32 Å². The number of hydrogen-bond donors (Lipinski definition) is 2. The Hall–Kier alpha value is -2.40. The zero-order valence-corrected chi connectivity index (χ0v) is 13.8. The van der Waals surface area contributed by atoms with Crippen molar-refractivity contribution < 1.29 is 19.0 Å². The molecule has 1 amide bonds. The summed E-state index contributed by atoms with van der Waals surface area (Å²) in [4.78, 5) is 12.1. The number of ether oxygens (including phenoxy) is 1. The molecule has 0 saturated carbocycles. The van der Waals surface area contributed by atoms with Crippen LogP contribution in [-0.4, -0.2) is 17.6 Å². The minimum Gasteiger partial charge on any atom is -0.484 e. The molecule has 1 unspecified atom stereocenters. The Morgan fingerprint density at radius 2 is 1.75 bits per heavy atom. The van der Waals surface area contributed by atoms with Gasteiger partial charge < -0.3 is 15.2 Å². The summed E-state index contributed by atoms with van der Waals surface area (Å²) in [5, 5.41) is 11.9. The molecular weight excluding hydrogens is 309 g/mol. The number of halogens is 1. The number of nitrogens with one attached hydrogen (secondary N) is 1. The molecule has 0 heterocycles. The van der Waals surface area contributed by atoms with Gasteiger partial charge in [0.05, 0.1) is 12.6 Å². The molecule has 0 aliphatic carbocycles. The fourth-order valence-corrected chi connectivity index (χ4v) is 2.36. The predicted molar refractivity (Wildman–Crippen MR) is 90.0 cm³/mol. The third-order valence-electron chi connectivity index (χ3n) is 3.69. The van der Waals surface area contributed by atoms with Crippen molar-refractivity contribution >= 4 is 5.91 Å². The normalized spacial score (nSPS) is 12.0. The van der Waals surface area contributed by atoms with E-state index in [1.54, 1.807) is 36.4 Å². The van der Waals surface area contributed by atoms with Gasteiger partial charge in [-0.3, -0.25) is 4.79 Å². The van der Waals surface area contributed by atoms with E-state index in [4.69, 9.17) is 9.84 Å². The zero-order chi connectivity index (χ0) is 17.5. The number of aliphatic hydroxyl groups excluding tert-OH is 1. The molecule has 0 aliphatic heterocycles. The second-order valence-corrected chi connectivity index (χ2v) is 5.93. The summed E-state index contributed by atoms with van der Waals surface area (Å²) in [5.74, 6) is 0.167. The third kappa shape index (κ3) is 5.06. The SMILES string of the molecule is CC(C)C(NC(=O)COc1ccc(CO)cc1)c1ccc(F)cc1. The van der Waals surface area contributed by atoms with Gasteiger partial charge in [0.25, 0.3) is 5.91 Å². The molecule has 2 rings (SSSR count). The molecule has 2 N–H and O–H groups in total. The molecular formula is C19H22FNO3. The number of aliphatic hydroxyl groups is 1. The van der Waals surface area contributed by atoms with Gasteiger partial charge in [0.2, 0.25) is 0 Å². The number of benzene rings is 2. The topological polar surface area (TPSA) is 58.6 Å². The molecule has 24 heavy (non-hydrogen) atoms. The molecule has 0 spiro atoms. The zero-order valence-electron chi connectivity index (χ0n) is 13.8. The Labute approximate surface area is 141 Å². The first-order valence-electron chi connectivity index (χ1n) is 7.87. The number of amides is 1. The van der Waals surface area contributed by atoms with Crippen LogP contribution in [0.2, 0.25) is 0 Å². The van der Waals surface area contributed by atoms with Crippen molar-refractivity contribution in [2.45, 2.75) is 26.5 Å². The number of carbonyl (C=O) groups excluding carboxylic acids is 1. The quantitative estimate of drug-likeness (QED) is 0.819. The molecule has 0 saturated heterocycles. The fraction of sp³-hybridized carbons (Fsp3) is 0.316. The highest BCUT2D eigenvalue weighted by atomic mass is 19.1. The van der Waals surface area contributed by atoms with Crippen LogP contribution in [0, 0.1) is 11.7 Å². The highest BCUT2D eigenvalue weighted by Crippen LogP contribution is 2.22. The van der Waals surface area contributed by atoms with Gasteiger partial charge in [0.1, 0.15) is 11.6 Å². The van der Waals surface area contributed by atoms with Gasteiger partial charge in [-0.25, -0.2) is 4.39 Å². The van der Waals surface area contributed by atoms with Gasteiger partial charge in [0, 0.05) is 0 Å². The molecule has 2 aromatic rings. The summed E-state index contributed by atoms with van der Waals surface area (Å²) in [7, 11) is 0. The van der Waals surface area contributed by atoms with E-state index >= 15 is 0 Å². The summed E-state index contributed by atoms with van der Waals surface area (Å²) in [6.45, 7) is 3.84. The van der Waals surface area contributed by atoms with Crippen LogP contribution in [0.25, 0.3) is 0 Å². The van der Waals surface area contributed by atoms with Crippen LogP contribution in [0.3, 0.4) is 0 Å². The van der Waals surface area contributed by atoms with E-state index in [9.17, 15) is 9.18 Å². The first-order valence-corrected chi connectivity index (χ1v) is 7.87. The predicted octanol–water partition coefficient (Wildman–Crippen LogP) is 3.21. The summed E-state index contributed by atoms with van der Waals surface area (Å²) >= 11 is 0. The van der Waals surface area contributed by atoms with Crippen molar-refractivity contribution in [1.82, 2.24) is 5.32 Å². The first kappa shape index (κ1) is 17.9. The summed E-state index contributed by atoms with van der Waals surface area (Å²) in [6.07, 6.45) is 0. The molecule has 0 fully saturated rings. The Bertz CT molecular complexity index is 653. The highest BCUT2D eigenvalue weighted by molar-refractivity contribution is 5.78. The van der Waals surface area contributed by atoms with E-state index in [0.717, 1.165) is 11.1 Å². The molecule has 0 radical (unpaired) electrons. The second-order valence-electron chi connectivity index (χ2n) is 5.93. The average molecular weight is 331 g/mol. The molecule has 0 aliphatic rings. The second kappa shape index (κ2) is 8.45. The monoisotopic (exact) mass is 331 g/mol. The van der Waals surface area contributed by atoms with Gasteiger partial charge in [-0.2, -0.15) is 0 Å². The molecule has 1 atom stereocenters. The largest absolute Gasteiger partial charge is 0.484 e. The molecule has 4 nitrogen and oxygen atoms in total. The van der Waals surface area contributed by atoms with Gasteiger partial charge >= 0.3 is 0 Å². The lowest BCUT2D eigenvalue weighted by molar-refractivity contribution is -0.124. The van der Waals surface area contributed by atoms with Gasteiger partial charge in [0.15, 0.2) is 6.61 Å². The third-order valence-corrected chi connectivity index (χ3v) is 3.69. The van der Waals surface area contributed by atoms with E-state index < -0.39 is 0 Å². The molecule has 0 aromatic heterocycles. The first-order chi connectivity index (χ1) is 11.5. The molecule has 0 bridgehead atoms. The molecule has 5 heteroatoms. The van der Waals surface area contributed by atoms with Gasteiger partial charge in [-0.15, -0.1) is 0 Å². The molecule has 128 valence electrons. The summed E-state index contributed by atoms with van der Waals surface area (Å²) in [5.41, 5.74) is 1.63. The van der Waals surface area contributed by atoms with Crippen molar-refractivity contribution in [2.75, 3.05) is 6.61 Å². The standard InChI is InChI=1S/C19H22FNO3/c1-13(2)19(15-5-7-16(20)8-6-15)21-18(23)12-24-17-9-3-14(11-22)4-10-17/h3-10,13,19,22H,11-12H2,1-2H3,(H,21,23). The number of carbonyl (C=O) groups is 1. The lowest BCUT2D eigenvalue weighted by Crippen LogP contribution is -2.35. The van der Waals surface area contributed by atoms with Crippen LogP contribution in [-0.2, 0) is 11.4 Å². The van der Waals surface area contributed by atoms with Crippen LogP contribution < -0.4 is 10.1 Å². The van der Waals surface area contributed by atoms with E-state index in [1.165, 1.54) is 12.1 Å². The van der Waals surface area contributed by atoms with Crippen molar-refractivity contribution in [3.05, 3.63) is 65.5 Å². The highest BCUT2D eigenvalue weighted by Gasteiger charge is 2.18. The summed E-state index contributed by atoms with van der Waals surface area (Å²) in [6, 6.07) is 12.8. The summed E-state index contributed by atoms with van der Waals surface area (Å²) < 4.78 is 18.5. The van der Waals surface area contributed by atoms with E-state index in [0.29, 0.717) is 5.75 Å². The van der Waals surface area contributed by atoms with Crippen LogP contribution in [0.5, 0.6) is 5.75 Å². The van der Waals surface area contributed by atoms with E-state index in [-0.39, 0.29) is 36.9 Å². The van der Waals surface area contributed by atoms with E-state index in [1.807, 2.05) is 13.8 Å². The van der Waals surface area contributed by atoms with Gasteiger partial charge in [-0.1, -0.05) is 38.1 Å². The Kier molecular flexibility index (Phi) is 6.32. The van der Waals surface area contributed by atoms with Crippen LogP contribution in [0.1, 0.15) is 31.0 Å². The van der Waals surface area contributed by atoms with Crippen LogP contribution >= 0.6 is 0 Å². The van der Waals surface area contributed by atoms with Crippen molar-refractivity contribution in [1.29, 1.82) is 0 Å². The van der Waals surface area contributed by atoms with Crippen molar-refractivity contribution in [3.63, 3.8) is 0 Å². The molecule has 2 aromatic carbocycles. The van der Waals surface area contributed by atoms with Crippen molar-refractivity contribution in [2.24, 2.45) is 5.92 Å². The van der Waals surface area contributed by atoms with Crippen molar-refractivity contribution in [3.8, 4) is 5.75 Å². The minimum absolute atomic E-state index is 0.0332. The maximum absolute atomic E-state index is 13.1.